The first kappa shape index (κ1) is 15.8. The molecule has 5 heteroatoms. The van der Waals surface area contributed by atoms with E-state index >= 15 is 0 Å². The molecule has 21 heavy (non-hydrogen) atoms. The molecule has 0 amide bonds. The highest BCUT2D eigenvalue weighted by atomic mass is 32.2. The largest absolute Gasteiger partial charge is 0.383 e. The number of rotatable bonds is 6. The maximum absolute atomic E-state index is 13.2. The lowest BCUT2D eigenvalue weighted by Crippen LogP contribution is -2.25. The van der Waals surface area contributed by atoms with Crippen LogP contribution in [0.25, 0.3) is 0 Å². The van der Waals surface area contributed by atoms with Gasteiger partial charge in [-0.3, -0.25) is 0 Å². The molecule has 1 atom stereocenters. The lowest BCUT2D eigenvalue weighted by Gasteiger charge is -2.21. The van der Waals surface area contributed by atoms with Crippen LogP contribution in [0.2, 0.25) is 0 Å². The van der Waals surface area contributed by atoms with E-state index in [0.29, 0.717) is 5.82 Å². The molecule has 0 fully saturated rings. The van der Waals surface area contributed by atoms with E-state index in [0.717, 1.165) is 28.3 Å². The molecule has 1 unspecified atom stereocenters. The van der Waals surface area contributed by atoms with Crippen molar-refractivity contribution in [3.05, 3.63) is 53.5 Å². The maximum Gasteiger partial charge on any atom is 0.128 e. The van der Waals surface area contributed by atoms with Gasteiger partial charge in [0.1, 0.15) is 11.6 Å². The van der Waals surface area contributed by atoms with Crippen molar-refractivity contribution in [3.63, 3.8) is 0 Å². The average molecular weight is 305 g/mol. The Balaban J connectivity index is 2.16. The van der Waals surface area contributed by atoms with Gasteiger partial charge in [-0.25, -0.2) is 9.37 Å². The number of aryl methyl sites for hydroxylation is 1. The molecule has 0 bridgehead atoms. The van der Waals surface area contributed by atoms with Crippen molar-refractivity contribution in [1.82, 2.24) is 10.3 Å². The summed E-state index contributed by atoms with van der Waals surface area (Å²) >= 11 is 1.61. The molecule has 0 radical (unpaired) electrons. The zero-order valence-corrected chi connectivity index (χ0v) is 13.1. The second-order valence-corrected chi connectivity index (χ2v) is 5.90. The molecule has 0 saturated heterocycles. The fourth-order valence-electron chi connectivity index (χ4n) is 2.27. The second-order valence-electron chi connectivity index (χ2n) is 4.81. The quantitative estimate of drug-likeness (QED) is 0.801. The number of hydrogen-bond donors (Lipinski definition) is 2. The molecule has 112 valence electrons. The third-order valence-corrected chi connectivity index (χ3v) is 4.34. The molecule has 3 nitrogen and oxygen atoms in total. The summed E-state index contributed by atoms with van der Waals surface area (Å²) in [4.78, 5) is 5.10. The van der Waals surface area contributed by atoms with Gasteiger partial charge in [0.05, 0.1) is 0 Å². The highest BCUT2D eigenvalue weighted by Gasteiger charge is 2.17. The molecule has 1 aromatic carbocycles. The standard InChI is InChI=1S/C16H20FN3S/c1-3-19-14(15-11(2)7-8-20-16(15)18)10-21-13-6-4-5-12(17)9-13/h4-9,14,19H,3,10H2,1-2H3,(H2,18,20). The van der Waals surface area contributed by atoms with Gasteiger partial charge in [-0.05, 0) is 43.3 Å². The minimum atomic E-state index is -0.211. The molecule has 0 saturated carbocycles. The lowest BCUT2D eigenvalue weighted by atomic mass is 10.0. The van der Waals surface area contributed by atoms with Gasteiger partial charge in [0.2, 0.25) is 0 Å². The van der Waals surface area contributed by atoms with Crippen LogP contribution < -0.4 is 11.1 Å². The van der Waals surface area contributed by atoms with Crippen molar-refractivity contribution in [2.24, 2.45) is 0 Å². The number of thioether (sulfide) groups is 1. The Kier molecular flexibility index (Phi) is 5.59. The molecular formula is C16H20FN3S. The summed E-state index contributed by atoms with van der Waals surface area (Å²) in [5.41, 5.74) is 8.17. The fourth-order valence-corrected chi connectivity index (χ4v) is 3.29. The zero-order valence-electron chi connectivity index (χ0n) is 12.3. The van der Waals surface area contributed by atoms with Gasteiger partial charge in [-0.2, -0.15) is 0 Å². The van der Waals surface area contributed by atoms with Gasteiger partial charge in [0.15, 0.2) is 0 Å². The maximum atomic E-state index is 13.2. The van der Waals surface area contributed by atoms with Crippen LogP contribution in [0.4, 0.5) is 10.2 Å². The van der Waals surface area contributed by atoms with Crippen molar-refractivity contribution in [2.75, 3.05) is 18.0 Å². The topological polar surface area (TPSA) is 50.9 Å². The van der Waals surface area contributed by atoms with E-state index in [1.807, 2.05) is 19.1 Å². The van der Waals surface area contributed by atoms with Crippen LogP contribution in [0, 0.1) is 12.7 Å². The Morgan fingerprint density at radius 2 is 2.19 bits per heavy atom. The first-order valence-electron chi connectivity index (χ1n) is 6.94. The Morgan fingerprint density at radius 3 is 2.86 bits per heavy atom. The van der Waals surface area contributed by atoms with Gasteiger partial charge in [0, 0.05) is 28.5 Å². The Bertz CT molecular complexity index is 584. The van der Waals surface area contributed by atoms with Crippen LogP contribution in [-0.4, -0.2) is 17.3 Å². The van der Waals surface area contributed by atoms with Gasteiger partial charge in [0.25, 0.3) is 0 Å². The average Bonchev–Trinajstić information content (AvgIpc) is 2.44. The smallest absolute Gasteiger partial charge is 0.128 e. The number of benzene rings is 1. The van der Waals surface area contributed by atoms with Gasteiger partial charge >= 0.3 is 0 Å². The van der Waals surface area contributed by atoms with E-state index in [4.69, 9.17) is 5.73 Å². The number of aromatic nitrogens is 1. The van der Waals surface area contributed by atoms with Crippen molar-refractivity contribution in [2.45, 2.75) is 24.8 Å². The predicted octanol–water partition coefficient (Wildman–Crippen LogP) is 3.55. The first-order chi connectivity index (χ1) is 10.1. The van der Waals surface area contributed by atoms with E-state index in [9.17, 15) is 4.39 Å². The minimum Gasteiger partial charge on any atom is -0.383 e. The third kappa shape index (κ3) is 4.19. The van der Waals surface area contributed by atoms with Crippen LogP contribution in [0.5, 0.6) is 0 Å². The van der Waals surface area contributed by atoms with Crippen molar-refractivity contribution < 1.29 is 4.39 Å². The molecule has 3 N–H and O–H groups in total. The van der Waals surface area contributed by atoms with Crippen molar-refractivity contribution >= 4 is 17.6 Å². The SMILES string of the molecule is CCNC(CSc1cccc(F)c1)c1c(C)ccnc1N. The highest BCUT2D eigenvalue weighted by Crippen LogP contribution is 2.29. The number of pyridine rings is 1. The van der Waals surface area contributed by atoms with E-state index in [2.05, 4.69) is 17.2 Å². The van der Waals surface area contributed by atoms with E-state index in [1.54, 1.807) is 30.1 Å². The van der Waals surface area contributed by atoms with E-state index in [-0.39, 0.29) is 11.9 Å². The van der Waals surface area contributed by atoms with Crippen molar-refractivity contribution in [3.8, 4) is 0 Å². The molecule has 0 aliphatic heterocycles. The summed E-state index contributed by atoms with van der Waals surface area (Å²) in [7, 11) is 0. The highest BCUT2D eigenvalue weighted by molar-refractivity contribution is 7.99. The number of hydrogen-bond acceptors (Lipinski definition) is 4. The number of nitrogens with one attached hydrogen (secondary N) is 1. The van der Waals surface area contributed by atoms with Crippen LogP contribution in [0.1, 0.15) is 24.1 Å². The fraction of sp³-hybridized carbons (Fsp3) is 0.312. The molecule has 2 rings (SSSR count). The Hall–Kier alpha value is -1.59. The van der Waals surface area contributed by atoms with Crippen molar-refractivity contribution in [1.29, 1.82) is 0 Å². The summed E-state index contributed by atoms with van der Waals surface area (Å²) in [6.45, 7) is 4.93. The van der Waals surface area contributed by atoms with Crippen LogP contribution in [-0.2, 0) is 0 Å². The van der Waals surface area contributed by atoms with Crippen LogP contribution in [0.3, 0.4) is 0 Å². The number of nitrogens with zero attached hydrogens (tertiary/aromatic N) is 1. The Morgan fingerprint density at radius 1 is 1.38 bits per heavy atom. The van der Waals surface area contributed by atoms with Crippen LogP contribution in [0.15, 0.2) is 41.4 Å². The van der Waals surface area contributed by atoms with E-state index < -0.39 is 0 Å². The molecule has 1 aromatic heterocycles. The van der Waals surface area contributed by atoms with Gasteiger partial charge in [-0.1, -0.05) is 13.0 Å². The number of nitrogen functional groups attached to an aromatic ring is 1. The molecule has 1 heterocycles. The normalized spacial score (nSPS) is 12.3. The third-order valence-electron chi connectivity index (χ3n) is 3.25. The molecule has 0 spiro atoms. The second kappa shape index (κ2) is 7.43. The molecule has 2 aromatic rings. The first-order valence-corrected chi connectivity index (χ1v) is 7.93. The van der Waals surface area contributed by atoms with Gasteiger partial charge < -0.3 is 11.1 Å². The summed E-state index contributed by atoms with van der Waals surface area (Å²) in [5, 5.41) is 3.43. The van der Waals surface area contributed by atoms with Gasteiger partial charge in [-0.15, -0.1) is 11.8 Å². The lowest BCUT2D eigenvalue weighted by molar-refractivity contribution is 0.602. The number of anilines is 1. The monoisotopic (exact) mass is 305 g/mol. The summed E-state index contributed by atoms with van der Waals surface area (Å²) < 4.78 is 13.2. The summed E-state index contributed by atoms with van der Waals surface area (Å²) in [6.07, 6.45) is 1.72. The minimum absolute atomic E-state index is 0.0944. The summed E-state index contributed by atoms with van der Waals surface area (Å²) in [5.74, 6) is 1.12. The summed E-state index contributed by atoms with van der Waals surface area (Å²) in [6, 6.07) is 8.70. The van der Waals surface area contributed by atoms with E-state index in [1.165, 1.54) is 6.07 Å². The molecular weight excluding hydrogens is 285 g/mol. The molecule has 0 aliphatic carbocycles. The zero-order chi connectivity index (χ0) is 15.2. The number of halogens is 1. The predicted molar refractivity (Wildman–Crippen MR) is 86.9 cm³/mol. The molecule has 0 aliphatic rings. The number of nitrogens with two attached hydrogens (primary N) is 1. The Labute approximate surface area is 129 Å². The van der Waals surface area contributed by atoms with Crippen LogP contribution >= 0.6 is 11.8 Å².